The molecule has 0 aliphatic rings. The summed E-state index contributed by atoms with van der Waals surface area (Å²) in [5, 5.41) is 25.4. The average Bonchev–Trinajstić information content (AvgIpc) is 3.17. The number of benzene rings is 2. The van der Waals surface area contributed by atoms with Gasteiger partial charge in [-0.1, -0.05) is 13.3 Å². The van der Waals surface area contributed by atoms with Gasteiger partial charge in [0.25, 0.3) is 5.69 Å². The van der Waals surface area contributed by atoms with Gasteiger partial charge in [-0.2, -0.15) is 4.80 Å². The number of tetrazole rings is 1. The summed E-state index contributed by atoms with van der Waals surface area (Å²) in [5.41, 5.74) is 1.15. The van der Waals surface area contributed by atoms with E-state index in [9.17, 15) is 14.9 Å². The van der Waals surface area contributed by atoms with Crippen LogP contribution in [0.1, 0.15) is 19.8 Å². The number of rotatable bonds is 9. The average molecular weight is 396 g/mol. The van der Waals surface area contributed by atoms with E-state index in [1.165, 1.54) is 29.1 Å². The number of nitrogens with one attached hydrogen (secondary N) is 1. The van der Waals surface area contributed by atoms with Crippen molar-refractivity contribution >= 4 is 17.3 Å². The number of nitro benzene ring substituents is 1. The van der Waals surface area contributed by atoms with E-state index >= 15 is 0 Å². The topological polar surface area (TPSA) is 125 Å². The third-order valence-electron chi connectivity index (χ3n) is 3.98. The molecule has 0 bridgehead atoms. The third kappa shape index (κ3) is 5.58. The molecule has 0 aliphatic carbocycles. The maximum absolute atomic E-state index is 12.1. The fourth-order valence-electron chi connectivity index (χ4n) is 2.46. The largest absolute Gasteiger partial charge is 0.494 e. The zero-order valence-electron chi connectivity index (χ0n) is 15.8. The molecule has 1 N–H and O–H groups in total. The lowest BCUT2D eigenvalue weighted by atomic mass is 10.2. The molecule has 10 nitrogen and oxygen atoms in total. The molecule has 0 aliphatic heterocycles. The van der Waals surface area contributed by atoms with Crippen LogP contribution >= 0.6 is 0 Å². The molecule has 0 fully saturated rings. The molecular weight excluding hydrogens is 376 g/mol. The zero-order valence-corrected chi connectivity index (χ0v) is 15.8. The lowest BCUT2D eigenvalue weighted by Gasteiger charge is -2.05. The monoisotopic (exact) mass is 396 g/mol. The van der Waals surface area contributed by atoms with Crippen molar-refractivity contribution in [2.45, 2.75) is 26.3 Å². The fourth-order valence-corrected chi connectivity index (χ4v) is 2.46. The Morgan fingerprint density at radius 2 is 1.90 bits per heavy atom. The lowest BCUT2D eigenvalue weighted by Crippen LogP contribution is -2.20. The highest BCUT2D eigenvalue weighted by molar-refractivity contribution is 5.90. The van der Waals surface area contributed by atoms with Crippen LogP contribution in [0.2, 0.25) is 0 Å². The molecule has 0 unspecified atom stereocenters. The van der Waals surface area contributed by atoms with Crippen molar-refractivity contribution in [2.75, 3.05) is 11.9 Å². The van der Waals surface area contributed by atoms with E-state index < -0.39 is 4.92 Å². The second-order valence-electron chi connectivity index (χ2n) is 6.22. The van der Waals surface area contributed by atoms with Crippen molar-refractivity contribution in [1.29, 1.82) is 0 Å². The molecule has 0 spiro atoms. The standard InChI is InChI=1S/C19H20N6O4/c1-2-3-12-29-17-10-4-14(5-11-17)19-21-23-24(22-19)13-18(26)20-15-6-8-16(9-7-15)25(27)28/h4-11H,2-3,12-13H2,1H3,(H,20,26). The molecule has 3 aromatic rings. The molecule has 1 aromatic heterocycles. The second kappa shape index (κ2) is 9.40. The summed E-state index contributed by atoms with van der Waals surface area (Å²) >= 11 is 0. The summed E-state index contributed by atoms with van der Waals surface area (Å²) in [5.74, 6) is 0.799. The number of nitro groups is 1. The Hall–Kier alpha value is -3.82. The van der Waals surface area contributed by atoms with Crippen molar-refractivity contribution in [1.82, 2.24) is 20.2 Å². The number of non-ortho nitro benzene ring substituents is 1. The predicted octanol–water partition coefficient (Wildman–Crippen LogP) is 3.07. The van der Waals surface area contributed by atoms with Crippen molar-refractivity contribution in [2.24, 2.45) is 0 Å². The van der Waals surface area contributed by atoms with Gasteiger partial charge < -0.3 is 10.1 Å². The Morgan fingerprint density at radius 1 is 1.17 bits per heavy atom. The third-order valence-corrected chi connectivity index (χ3v) is 3.98. The minimum Gasteiger partial charge on any atom is -0.494 e. The zero-order chi connectivity index (χ0) is 20.6. The van der Waals surface area contributed by atoms with Crippen LogP contribution in [-0.2, 0) is 11.3 Å². The van der Waals surface area contributed by atoms with Gasteiger partial charge in [-0.25, -0.2) is 0 Å². The van der Waals surface area contributed by atoms with Crippen LogP contribution in [0, 0.1) is 10.1 Å². The number of ether oxygens (including phenoxy) is 1. The van der Waals surface area contributed by atoms with E-state index in [1.807, 2.05) is 24.3 Å². The minimum atomic E-state index is -0.504. The first-order valence-electron chi connectivity index (χ1n) is 9.10. The van der Waals surface area contributed by atoms with Crippen LogP contribution in [0.25, 0.3) is 11.4 Å². The molecule has 3 rings (SSSR count). The van der Waals surface area contributed by atoms with E-state index in [4.69, 9.17) is 4.74 Å². The number of hydrogen-bond acceptors (Lipinski definition) is 7. The molecule has 0 saturated heterocycles. The molecule has 0 saturated carbocycles. The summed E-state index contributed by atoms with van der Waals surface area (Å²) in [7, 11) is 0. The number of carbonyl (C=O) groups excluding carboxylic acids is 1. The predicted molar refractivity (Wildman–Crippen MR) is 105 cm³/mol. The maximum Gasteiger partial charge on any atom is 0.269 e. The molecule has 2 aromatic carbocycles. The van der Waals surface area contributed by atoms with Crippen molar-refractivity contribution < 1.29 is 14.5 Å². The summed E-state index contributed by atoms with van der Waals surface area (Å²) in [4.78, 5) is 23.5. The smallest absolute Gasteiger partial charge is 0.269 e. The number of nitrogens with zero attached hydrogens (tertiary/aromatic N) is 5. The highest BCUT2D eigenvalue weighted by Crippen LogP contribution is 2.19. The number of anilines is 1. The fraction of sp³-hybridized carbons (Fsp3) is 0.263. The van der Waals surface area contributed by atoms with E-state index in [-0.39, 0.29) is 18.1 Å². The number of amides is 1. The van der Waals surface area contributed by atoms with E-state index in [2.05, 4.69) is 27.7 Å². The summed E-state index contributed by atoms with van der Waals surface area (Å²) in [6, 6.07) is 12.9. The Morgan fingerprint density at radius 3 is 2.55 bits per heavy atom. The van der Waals surface area contributed by atoms with Gasteiger partial charge in [-0.05, 0) is 48.0 Å². The van der Waals surface area contributed by atoms with Gasteiger partial charge in [0.15, 0.2) is 0 Å². The van der Waals surface area contributed by atoms with Crippen molar-refractivity contribution in [3.8, 4) is 17.1 Å². The van der Waals surface area contributed by atoms with Gasteiger partial charge in [0.05, 0.1) is 11.5 Å². The summed E-state index contributed by atoms with van der Waals surface area (Å²) in [6.45, 7) is 2.64. The van der Waals surface area contributed by atoms with Crippen LogP contribution < -0.4 is 10.1 Å². The highest BCUT2D eigenvalue weighted by Gasteiger charge is 2.11. The quantitative estimate of drug-likeness (QED) is 0.335. The Labute approximate surface area is 166 Å². The number of hydrogen-bond donors (Lipinski definition) is 1. The molecule has 150 valence electrons. The number of carbonyl (C=O) groups is 1. The highest BCUT2D eigenvalue weighted by atomic mass is 16.6. The second-order valence-corrected chi connectivity index (χ2v) is 6.22. The minimum absolute atomic E-state index is 0.0487. The van der Waals surface area contributed by atoms with Crippen LogP contribution in [0.3, 0.4) is 0 Å². The normalized spacial score (nSPS) is 10.5. The van der Waals surface area contributed by atoms with Crippen LogP contribution in [0.4, 0.5) is 11.4 Å². The van der Waals surface area contributed by atoms with Crippen molar-refractivity contribution in [3.05, 3.63) is 58.6 Å². The number of aromatic nitrogens is 4. The van der Waals surface area contributed by atoms with Crippen molar-refractivity contribution in [3.63, 3.8) is 0 Å². The molecule has 10 heteroatoms. The van der Waals surface area contributed by atoms with Gasteiger partial charge in [-0.15, -0.1) is 10.2 Å². The molecule has 0 radical (unpaired) electrons. The van der Waals surface area contributed by atoms with E-state index in [1.54, 1.807) is 0 Å². The van der Waals surface area contributed by atoms with Gasteiger partial charge >= 0.3 is 0 Å². The summed E-state index contributed by atoms with van der Waals surface area (Å²) < 4.78 is 5.62. The first-order chi connectivity index (χ1) is 14.0. The Bertz CT molecular complexity index is 969. The molecule has 1 heterocycles. The first kappa shape index (κ1) is 19.9. The Balaban J connectivity index is 1.56. The van der Waals surface area contributed by atoms with E-state index in [0.717, 1.165) is 24.2 Å². The summed E-state index contributed by atoms with van der Waals surface area (Å²) in [6.07, 6.45) is 2.07. The lowest BCUT2D eigenvalue weighted by molar-refractivity contribution is -0.384. The van der Waals surface area contributed by atoms with Crippen LogP contribution in [-0.4, -0.2) is 37.6 Å². The molecule has 1 amide bonds. The molecule has 29 heavy (non-hydrogen) atoms. The van der Waals surface area contributed by atoms with Gasteiger partial charge in [0.2, 0.25) is 11.7 Å². The first-order valence-corrected chi connectivity index (χ1v) is 9.10. The molecule has 0 atom stereocenters. The molecular formula is C19H20N6O4. The van der Waals surface area contributed by atoms with Crippen LogP contribution in [0.15, 0.2) is 48.5 Å². The van der Waals surface area contributed by atoms with Crippen LogP contribution in [0.5, 0.6) is 5.75 Å². The SMILES string of the molecule is CCCCOc1ccc(-c2nnn(CC(=O)Nc3ccc([N+](=O)[O-])cc3)n2)cc1. The van der Waals surface area contributed by atoms with E-state index in [0.29, 0.717) is 18.1 Å². The number of unbranched alkanes of at least 4 members (excludes halogenated alkanes) is 1. The Kier molecular flexibility index (Phi) is 6.46. The van der Waals surface area contributed by atoms with Gasteiger partial charge in [0, 0.05) is 23.4 Å². The maximum atomic E-state index is 12.1. The van der Waals surface area contributed by atoms with Gasteiger partial charge in [-0.3, -0.25) is 14.9 Å². The van der Waals surface area contributed by atoms with Gasteiger partial charge in [0.1, 0.15) is 12.3 Å².